The molecule has 2 fully saturated rings. The smallest absolute Gasteiger partial charge is 0.258 e. The van der Waals surface area contributed by atoms with Gasteiger partial charge in [-0.2, -0.15) is 0 Å². The second-order valence-electron chi connectivity index (χ2n) is 7.98. The Kier molecular flexibility index (Phi) is 7.10. The molecule has 2 aliphatic rings. The van der Waals surface area contributed by atoms with Crippen LogP contribution in [-0.4, -0.2) is 42.9 Å². The lowest BCUT2D eigenvalue weighted by Gasteiger charge is -2.23. The molecule has 2 atom stereocenters. The molecule has 2 aromatic rings. The van der Waals surface area contributed by atoms with Gasteiger partial charge in [0, 0.05) is 13.1 Å². The number of carbonyl (C=O) groups excluding carboxylic acids is 2. The highest BCUT2D eigenvalue weighted by Crippen LogP contribution is 2.29. The predicted molar refractivity (Wildman–Crippen MR) is 118 cm³/mol. The summed E-state index contributed by atoms with van der Waals surface area (Å²) < 4.78 is 14.0. The standard InChI is InChI=1S/C23H26FN3O2.ClH/c1-15-5-4-7-19(21(15)26-22(28)18-6-2-3-8-20(18)24)23(29)27-11-9-16-13-25-14-17(16)10-12-27;/h2-8,16-17,25H,9-14H2,1H3,(H,26,28);1H/t16-,17+;. The summed E-state index contributed by atoms with van der Waals surface area (Å²) in [5, 5.41) is 6.22. The van der Waals surface area contributed by atoms with Gasteiger partial charge in [0.25, 0.3) is 11.8 Å². The monoisotopic (exact) mass is 431 g/mol. The van der Waals surface area contributed by atoms with Crippen LogP contribution in [0.25, 0.3) is 0 Å². The topological polar surface area (TPSA) is 61.4 Å². The van der Waals surface area contributed by atoms with E-state index in [1.165, 1.54) is 12.1 Å². The van der Waals surface area contributed by atoms with Crippen molar-refractivity contribution in [2.45, 2.75) is 19.8 Å². The number of fused-ring (bicyclic) bond motifs is 1. The minimum Gasteiger partial charge on any atom is -0.339 e. The number of hydrogen-bond acceptors (Lipinski definition) is 3. The van der Waals surface area contributed by atoms with Gasteiger partial charge in [0.2, 0.25) is 0 Å². The van der Waals surface area contributed by atoms with E-state index < -0.39 is 11.7 Å². The van der Waals surface area contributed by atoms with Crippen molar-refractivity contribution in [1.29, 1.82) is 0 Å². The molecule has 0 aliphatic carbocycles. The van der Waals surface area contributed by atoms with Crippen LogP contribution in [0, 0.1) is 24.6 Å². The first-order valence-electron chi connectivity index (χ1n) is 10.2. The maximum Gasteiger partial charge on any atom is 0.258 e. The van der Waals surface area contributed by atoms with Crippen molar-refractivity contribution in [3.63, 3.8) is 0 Å². The average Bonchev–Trinajstić information content (AvgIpc) is 3.07. The maximum absolute atomic E-state index is 14.0. The number of amides is 2. The average molecular weight is 432 g/mol. The number of carbonyl (C=O) groups is 2. The van der Waals surface area contributed by atoms with Crippen molar-refractivity contribution < 1.29 is 14.0 Å². The molecular weight excluding hydrogens is 405 g/mol. The molecule has 4 rings (SSSR count). The fourth-order valence-corrected chi connectivity index (χ4v) is 4.43. The normalized spacial score (nSPS) is 20.7. The number of nitrogens with zero attached hydrogens (tertiary/aromatic N) is 1. The lowest BCUT2D eigenvalue weighted by molar-refractivity contribution is 0.0759. The molecule has 2 N–H and O–H groups in total. The van der Waals surface area contributed by atoms with Crippen molar-refractivity contribution in [2.75, 3.05) is 31.5 Å². The summed E-state index contributed by atoms with van der Waals surface area (Å²) in [4.78, 5) is 27.9. The number of benzene rings is 2. The van der Waals surface area contributed by atoms with Gasteiger partial charge in [-0.3, -0.25) is 9.59 Å². The van der Waals surface area contributed by atoms with Crippen LogP contribution < -0.4 is 10.6 Å². The third-order valence-electron chi connectivity index (χ3n) is 6.17. The van der Waals surface area contributed by atoms with Gasteiger partial charge in [-0.15, -0.1) is 12.4 Å². The highest BCUT2D eigenvalue weighted by molar-refractivity contribution is 6.09. The molecule has 0 spiro atoms. The first-order valence-corrected chi connectivity index (χ1v) is 10.2. The van der Waals surface area contributed by atoms with Crippen LogP contribution in [0.2, 0.25) is 0 Å². The van der Waals surface area contributed by atoms with Gasteiger partial charge in [0.1, 0.15) is 5.82 Å². The Morgan fingerprint density at radius 3 is 2.30 bits per heavy atom. The number of nitrogens with one attached hydrogen (secondary N) is 2. The summed E-state index contributed by atoms with van der Waals surface area (Å²) >= 11 is 0. The Hall–Kier alpha value is -2.44. The Balaban J connectivity index is 0.00000256. The van der Waals surface area contributed by atoms with E-state index in [-0.39, 0.29) is 23.9 Å². The van der Waals surface area contributed by atoms with Gasteiger partial charge in [0.05, 0.1) is 16.8 Å². The van der Waals surface area contributed by atoms with Crippen molar-refractivity contribution in [1.82, 2.24) is 10.2 Å². The highest BCUT2D eigenvalue weighted by atomic mass is 35.5. The van der Waals surface area contributed by atoms with Crippen LogP contribution >= 0.6 is 12.4 Å². The Morgan fingerprint density at radius 1 is 1.00 bits per heavy atom. The fourth-order valence-electron chi connectivity index (χ4n) is 4.43. The molecule has 7 heteroatoms. The molecule has 160 valence electrons. The van der Waals surface area contributed by atoms with Crippen molar-refractivity contribution in [3.05, 3.63) is 65.0 Å². The number of anilines is 1. The summed E-state index contributed by atoms with van der Waals surface area (Å²) in [7, 11) is 0. The number of halogens is 2. The molecule has 0 saturated carbocycles. The Bertz CT molecular complexity index is 922. The van der Waals surface area contributed by atoms with Gasteiger partial charge < -0.3 is 15.5 Å². The van der Waals surface area contributed by atoms with E-state index in [0.717, 1.165) is 44.6 Å². The molecule has 2 amide bonds. The first kappa shape index (κ1) is 22.2. The zero-order valence-electron chi connectivity index (χ0n) is 17.0. The second kappa shape index (κ2) is 9.58. The zero-order valence-corrected chi connectivity index (χ0v) is 17.8. The second-order valence-corrected chi connectivity index (χ2v) is 7.98. The number of aryl methyl sites for hydroxylation is 1. The summed E-state index contributed by atoms with van der Waals surface area (Å²) in [6.45, 7) is 5.33. The van der Waals surface area contributed by atoms with Crippen LogP contribution in [0.15, 0.2) is 42.5 Å². The van der Waals surface area contributed by atoms with Crippen LogP contribution in [0.1, 0.15) is 39.1 Å². The lowest BCUT2D eigenvalue weighted by atomic mass is 9.92. The van der Waals surface area contributed by atoms with E-state index in [2.05, 4.69) is 10.6 Å². The summed E-state index contributed by atoms with van der Waals surface area (Å²) in [6, 6.07) is 11.2. The molecule has 2 aromatic carbocycles. The van der Waals surface area contributed by atoms with E-state index in [1.807, 2.05) is 24.0 Å². The molecule has 2 aliphatic heterocycles. The molecule has 2 saturated heterocycles. The molecule has 0 bridgehead atoms. The van der Waals surface area contributed by atoms with Crippen LogP contribution in [0.4, 0.5) is 10.1 Å². The van der Waals surface area contributed by atoms with E-state index >= 15 is 0 Å². The lowest BCUT2D eigenvalue weighted by Crippen LogP contribution is -2.33. The van der Waals surface area contributed by atoms with Crippen LogP contribution in [0.5, 0.6) is 0 Å². The number of rotatable bonds is 3. The van der Waals surface area contributed by atoms with Gasteiger partial charge in [-0.05, 0) is 68.5 Å². The predicted octanol–water partition coefficient (Wildman–Crippen LogP) is 3.88. The highest BCUT2D eigenvalue weighted by Gasteiger charge is 2.32. The first-order chi connectivity index (χ1) is 14.0. The van der Waals surface area contributed by atoms with Crippen molar-refractivity contribution in [2.24, 2.45) is 11.8 Å². The third kappa shape index (κ3) is 4.50. The zero-order chi connectivity index (χ0) is 20.4. The number of hydrogen-bond donors (Lipinski definition) is 2. The summed E-state index contributed by atoms with van der Waals surface area (Å²) in [5.41, 5.74) is 1.65. The third-order valence-corrected chi connectivity index (χ3v) is 6.17. The summed E-state index contributed by atoms with van der Waals surface area (Å²) in [5.74, 6) is 0.0450. The van der Waals surface area contributed by atoms with Crippen LogP contribution in [0.3, 0.4) is 0 Å². The molecule has 2 heterocycles. The minimum atomic E-state index is -0.584. The largest absolute Gasteiger partial charge is 0.339 e. The number of likely N-dealkylation sites (tertiary alicyclic amines) is 1. The maximum atomic E-state index is 14.0. The minimum absolute atomic E-state index is 0. The van der Waals surface area contributed by atoms with E-state index in [4.69, 9.17) is 0 Å². The molecule has 0 aromatic heterocycles. The molecule has 30 heavy (non-hydrogen) atoms. The van der Waals surface area contributed by atoms with E-state index in [1.54, 1.807) is 18.2 Å². The molecular formula is C23H27ClFN3O2. The molecule has 0 radical (unpaired) electrons. The SMILES string of the molecule is Cc1cccc(C(=O)N2CC[C@@H]3CNC[C@@H]3CC2)c1NC(=O)c1ccccc1F.Cl. The summed E-state index contributed by atoms with van der Waals surface area (Å²) in [6.07, 6.45) is 1.98. The van der Waals surface area contributed by atoms with Gasteiger partial charge in [-0.25, -0.2) is 4.39 Å². The Morgan fingerprint density at radius 2 is 1.63 bits per heavy atom. The number of para-hydroxylation sites is 1. The van der Waals surface area contributed by atoms with Gasteiger partial charge in [0.15, 0.2) is 0 Å². The van der Waals surface area contributed by atoms with E-state index in [0.29, 0.717) is 23.1 Å². The Labute approximate surface area is 182 Å². The van der Waals surface area contributed by atoms with E-state index in [9.17, 15) is 14.0 Å². The van der Waals surface area contributed by atoms with Gasteiger partial charge in [-0.1, -0.05) is 24.3 Å². The fraction of sp³-hybridized carbons (Fsp3) is 0.391. The molecule has 5 nitrogen and oxygen atoms in total. The molecule has 0 unspecified atom stereocenters. The van der Waals surface area contributed by atoms with Crippen molar-refractivity contribution in [3.8, 4) is 0 Å². The van der Waals surface area contributed by atoms with Gasteiger partial charge >= 0.3 is 0 Å². The quantitative estimate of drug-likeness (QED) is 0.775. The van der Waals surface area contributed by atoms with Crippen molar-refractivity contribution >= 4 is 29.9 Å². The van der Waals surface area contributed by atoms with Crippen LogP contribution in [-0.2, 0) is 0 Å².